The summed E-state index contributed by atoms with van der Waals surface area (Å²) in [5.74, 6) is 0. The first-order valence-electron chi connectivity index (χ1n) is 6.44. The molecular weight excluding hydrogens is 188 g/mol. The Morgan fingerprint density at radius 2 is 2.20 bits per heavy atom. The lowest BCUT2D eigenvalue weighted by molar-refractivity contribution is 0.0970. The largest absolute Gasteiger partial charge is 0.378 e. The van der Waals surface area contributed by atoms with Crippen LogP contribution >= 0.6 is 0 Å². The quantitative estimate of drug-likeness (QED) is 0.765. The van der Waals surface area contributed by atoms with Crippen molar-refractivity contribution in [3.63, 3.8) is 0 Å². The van der Waals surface area contributed by atoms with Crippen LogP contribution in [0.2, 0.25) is 0 Å². The first kappa shape index (κ1) is 11.4. The van der Waals surface area contributed by atoms with Crippen LogP contribution in [0.3, 0.4) is 0 Å². The molecule has 3 nitrogen and oxygen atoms in total. The molecule has 2 aliphatic heterocycles. The van der Waals surface area contributed by atoms with E-state index in [0.717, 1.165) is 13.2 Å². The molecule has 0 spiro atoms. The van der Waals surface area contributed by atoms with Crippen LogP contribution in [0.5, 0.6) is 0 Å². The third-order valence-electron chi connectivity index (χ3n) is 3.57. The second-order valence-electron chi connectivity index (χ2n) is 4.98. The Kier molecular flexibility index (Phi) is 4.42. The molecule has 0 radical (unpaired) electrons. The summed E-state index contributed by atoms with van der Waals surface area (Å²) in [6, 6.07) is 0.418. The minimum absolute atomic E-state index is 0.418. The van der Waals surface area contributed by atoms with Gasteiger partial charge in [0.15, 0.2) is 0 Å². The van der Waals surface area contributed by atoms with E-state index < -0.39 is 0 Å². The summed E-state index contributed by atoms with van der Waals surface area (Å²) in [5, 5.41) is 0. The standard InChI is InChI=1S/C12H24N2O/c13-11-4-1-7-14(10-11)8-2-5-12-6-3-9-15-12/h11-12H,1-10,13H2/t11-,12?/m1/s1. The highest BCUT2D eigenvalue weighted by Gasteiger charge is 2.18. The summed E-state index contributed by atoms with van der Waals surface area (Å²) >= 11 is 0. The van der Waals surface area contributed by atoms with E-state index in [9.17, 15) is 0 Å². The lowest BCUT2D eigenvalue weighted by atomic mass is 10.1. The van der Waals surface area contributed by atoms with E-state index in [1.807, 2.05) is 0 Å². The van der Waals surface area contributed by atoms with Crippen LogP contribution in [0.4, 0.5) is 0 Å². The number of likely N-dealkylation sites (tertiary alicyclic amines) is 1. The molecule has 2 atom stereocenters. The van der Waals surface area contributed by atoms with Gasteiger partial charge in [-0.25, -0.2) is 0 Å². The highest BCUT2D eigenvalue weighted by atomic mass is 16.5. The monoisotopic (exact) mass is 212 g/mol. The number of nitrogens with two attached hydrogens (primary N) is 1. The second kappa shape index (κ2) is 5.83. The van der Waals surface area contributed by atoms with Crippen molar-refractivity contribution < 1.29 is 4.74 Å². The fourth-order valence-electron chi connectivity index (χ4n) is 2.71. The highest BCUT2D eigenvalue weighted by molar-refractivity contribution is 4.75. The van der Waals surface area contributed by atoms with Gasteiger partial charge in [0, 0.05) is 19.2 Å². The van der Waals surface area contributed by atoms with Gasteiger partial charge in [-0.1, -0.05) is 0 Å². The second-order valence-corrected chi connectivity index (χ2v) is 4.98. The van der Waals surface area contributed by atoms with Crippen molar-refractivity contribution in [2.24, 2.45) is 5.73 Å². The molecule has 2 rings (SSSR count). The third kappa shape index (κ3) is 3.74. The van der Waals surface area contributed by atoms with Crippen LogP contribution in [-0.2, 0) is 4.74 Å². The lowest BCUT2D eigenvalue weighted by Gasteiger charge is -2.30. The molecule has 2 saturated heterocycles. The number of nitrogens with zero attached hydrogens (tertiary/aromatic N) is 1. The average molecular weight is 212 g/mol. The normalized spacial score (nSPS) is 33.4. The molecule has 1 unspecified atom stereocenters. The molecule has 2 heterocycles. The zero-order valence-corrected chi connectivity index (χ0v) is 9.66. The first-order chi connectivity index (χ1) is 7.34. The Morgan fingerprint density at radius 1 is 1.27 bits per heavy atom. The number of ether oxygens (including phenoxy) is 1. The molecule has 0 bridgehead atoms. The summed E-state index contributed by atoms with van der Waals surface area (Å²) in [6.45, 7) is 4.55. The van der Waals surface area contributed by atoms with Gasteiger partial charge >= 0.3 is 0 Å². The van der Waals surface area contributed by atoms with Crippen LogP contribution in [-0.4, -0.2) is 43.3 Å². The van der Waals surface area contributed by atoms with Crippen molar-refractivity contribution in [2.75, 3.05) is 26.2 Å². The molecule has 2 fully saturated rings. The molecule has 0 aromatic carbocycles. The van der Waals surface area contributed by atoms with Gasteiger partial charge in [0.25, 0.3) is 0 Å². The summed E-state index contributed by atoms with van der Waals surface area (Å²) in [7, 11) is 0. The summed E-state index contributed by atoms with van der Waals surface area (Å²) in [4.78, 5) is 2.52. The van der Waals surface area contributed by atoms with E-state index in [1.54, 1.807) is 0 Å². The third-order valence-corrected chi connectivity index (χ3v) is 3.57. The molecule has 2 aliphatic rings. The van der Waals surface area contributed by atoms with Crippen LogP contribution in [0.25, 0.3) is 0 Å². The molecule has 0 amide bonds. The van der Waals surface area contributed by atoms with Gasteiger partial charge in [-0.2, -0.15) is 0 Å². The van der Waals surface area contributed by atoms with Crippen LogP contribution in [0.1, 0.15) is 38.5 Å². The van der Waals surface area contributed by atoms with Gasteiger partial charge in [0.05, 0.1) is 6.10 Å². The summed E-state index contributed by atoms with van der Waals surface area (Å²) in [5.41, 5.74) is 5.95. The number of hydrogen-bond donors (Lipinski definition) is 1. The van der Waals surface area contributed by atoms with Crippen molar-refractivity contribution in [1.29, 1.82) is 0 Å². The maximum atomic E-state index is 5.95. The highest BCUT2D eigenvalue weighted by Crippen LogP contribution is 2.17. The van der Waals surface area contributed by atoms with E-state index in [4.69, 9.17) is 10.5 Å². The fourth-order valence-corrected chi connectivity index (χ4v) is 2.71. The zero-order valence-electron chi connectivity index (χ0n) is 9.66. The van der Waals surface area contributed by atoms with Crippen molar-refractivity contribution in [1.82, 2.24) is 4.90 Å². The maximum absolute atomic E-state index is 5.95. The predicted molar refractivity (Wildman–Crippen MR) is 61.9 cm³/mol. The van der Waals surface area contributed by atoms with E-state index in [2.05, 4.69) is 4.90 Å². The van der Waals surface area contributed by atoms with Crippen molar-refractivity contribution >= 4 is 0 Å². The van der Waals surface area contributed by atoms with Gasteiger partial charge in [-0.05, 0) is 51.6 Å². The van der Waals surface area contributed by atoms with Crippen LogP contribution in [0, 0.1) is 0 Å². The maximum Gasteiger partial charge on any atom is 0.0576 e. The Labute approximate surface area is 93.0 Å². The van der Waals surface area contributed by atoms with Gasteiger partial charge in [-0.15, -0.1) is 0 Å². The smallest absolute Gasteiger partial charge is 0.0576 e. The van der Waals surface area contributed by atoms with Gasteiger partial charge in [0.1, 0.15) is 0 Å². The molecular formula is C12H24N2O. The predicted octanol–water partition coefficient (Wildman–Crippen LogP) is 1.37. The number of rotatable bonds is 4. The van der Waals surface area contributed by atoms with E-state index in [0.29, 0.717) is 12.1 Å². The van der Waals surface area contributed by atoms with Crippen molar-refractivity contribution in [3.05, 3.63) is 0 Å². The topological polar surface area (TPSA) is 38.5 Å². The summed E-state index contributed by atoms with van der Waals surface area (Å²) < 4.78 is 5.62. The summed E-state index contributed by atoms with van der Waals surface area (Å²) in [6.07, 6.45) is 8.11. The number of piperidine rings is 1. The Morgan fingerprint density at radius 3 is 2.93 bits per heavy atom. The Hall–Kier alpha value is -0.120. The van der Waals surface area contributed by atoms with Crippen LogP contribution in [0.15, 0.2) is 0 Å². The molecule has 0 saturated carbocycles. The van der Waals surface area contributed by atoms with E-state index in [1.165, 1.54) is 51.6 Å². The molecule has 0 aromatic rings. The SMILES string of the molecule is N[C@@H]1CCCN(CCCC2CCCO2)C1. The van der Waals surface area contributed by atoms with Gasteiger partial charge < -0.3 is 15.4 Å². The first-order valence-corrected chi connectivity index (χ1v) is 6.44. The van der Waals surface area contributed by atoms with Crippen molar-refractivity contribution in [2.45, 2.75) is 50.7 Å². The van der Waals surface area contributed by atoms with Gasteiger partial charge in [0.2, 0.25) is 0 Å². The Bertz CT molecular complexity index is 180. The van der Waals surface area contributed by atoms with Crippen LogP contribution < -0.4 is 5.73 Å². The van der Waals surface area contributed by atoms with Gasteiger partial charge in [-0.3, -0.25) is 0 Å². The minimum atomic E-state index is 0.418. The van der Waals surface area contributed by atoms with Crippen molar-refractivity contribution in [3.8, 4) is 0 Å². The van der Waals surface area contributed by atoms with E-state index in [-0.39, 0.29) is 0 Å². The Balaban J connectivity index is 1.56. The number of hydrogen-bond acceptors (Lipinski definition) is 3. The zero-order chi connectivity index (χ0) is 10.5. The molecule has 88 valence electrons. The lowest BCUT2D eigenvalue weighted by Crippen LogP contribution is -2.43. The molecule has 15 heavy (non-hydrogen) atoms. The molecule has 2 N–H and O–H groups in total. The molecule has 0 aliphatic carbocycles. The van der Waals surface area contributed by atoms with E-state index >= 15 is 0 Å². The molecule has 3 heteroatoms. The average Bonchev–Trinajstić information content (AvgIpc) is 2.71. The molecule has 0 aromatic heterocycles. The minimum Gasteiger partial charge on any atom is -0.378 e. The fraction of sp³-hybridized carbons (Fsp3) is 1.00.